The Morgan fingerprint density at radius 1 is 1.11 bits per heavy atom. The Morgan fingerprint density at radius 2 is 1.89 bits per heavy atom. The van der Waals surface area contributed by atoms with Gasteiger partial charge in [0.25, 0.3) is 5.91 Å². The molecule has 1 aromatic carbocycles. The summed E-state index contributed by atoms with van der Waals surface area (Å²) in [6.07, 6.45) is 7.51. The van der Waals surface area contributed by atoms with Crippen molar-refractivity contribution in [2.24, 2.45) is 9.98 Å². The number of hydrogen-bond acceptors (Lipinski definition) is 9. The zero-order valence-electron chi connectivity index (χ0n) is 26.7. The van der Waals surface area contributed by atoms with Gasteiger partial charge in [0, 0.05) is 43.8 Å². The van der Waals surface area contributed by atoms with E-state index in [1.165, 1.54) is 36.3 Å². The van der Waals surface area contributed by atoms with Gasteiger partial charge in [-0.1, -0.05) is 19.1 Å². The molecule has 2 saturated heterocycles. The fraction of sp³-hybridized carbons (Fsp3) is 0.471. The smallest absolute Gasteiger partial charge is 0.278 e. The maximum absolute atomic E-state index is 13.5. The van der Waals surface area contributed by atoms with E-state index >= 15 is 0 Å². The lowest BCUT2D eigenvalue weighted by molar-refractivity contribution is -0.124. The molecule has 1 amide bonds. The molecule has 1 aromatic heterocycles. The number of carbonyl (C=O) groups is 1. The first kappa shape index (κ1) is 32.3. The van der Waals surface area contributed by atoms with Crippen molar-refractivity contribution >= 4 is 35.7 Å². The summed E-state index contributed by atoms with van der Waals surface area (Å²) < 4.78 is 0. The van der Waals surface area contributed by atoms with Crippen molar-refractivity contribution in [2.75, 3.05) is 74.8 Å². The number of aromatic nitrogens is 1. The summed E-state index contributed by atoms with van der Waals surface area (Å²) in [6, 6.07) is 12.3. The highest BCUT2D eigenvalue weighted by atomic mass is 16.3. The van der Waals surface area contributed by atoms with Crippen molar-refractivity contribution in [3.05, 3.63) is 72.1 Å². The van der Waals surface area contributed by atoms with Crippen molar-refractivity contribution in [2.45, 2.75) is 44.6 Å². The molecule has 3 heterocycles. The van der Waals surface area contributed by atoms with Gasteiger partial charge in [0.1, 0.15) is 17.8 Å². The maximum Gasteiger partial charge on any atom is 0.278 e. The average molecular weight is 614 g/mol. The van der Waals surface area contributed by atoms with E-state index in [-0.39, 0.29) is 19.1 Å². The summed E-state index contributed by atoms with van der Waals surface area (Å²) in [7, 11) is 2.01. The Bertz CT molecular complexity index is 1420. The predicted molar refractivity (Wildman–Crippen MR) is 183 cm³/mol. The van der Waals surface area contributed by atoms with Gasteiger partial charge in [-0.15, -0.1) is 6.58 Å². The lowest BCUT2D eigenvalue weighted by Gasteiger charge is -2.36. The number of aryl methyl sites for hydroxylation is 1. The third kappa shape index (κ3) is 7.11. The molecular weight excluding hydrogens is 566 g/mol. The minimum Gasteiger partial charge on any atom is -0.384 e. The summed E-state index contributed by atoms with van der Waals surface area (Å²) in [4.78, 5) is 32.1. The molecule has 0 unspecified atom stereocenters. The lowest BCUT2D eigenvalue weighted by Crippen LogP contribution is -2.46. The second-order valence-corrected chi connectivity index (χ2v) is 11.8. The summed E-state index contributed by atoms with van der Waals surface area (Å²) in [6.45, 7) is 16.3. The van der Waals surface area contributed by atoms with Crippen LogP contribution in [0.15, 0.2) is 70.8 Å². The molecule has 2 fully saturated rings. The zero-order valence-corrected chi connectivity index (χ0v) is 26.7. The average Bonchev–Trinajstić information content (AvgIpc) is 3.53. The van der Waals surface area contributed by atoms with E-state index in [4.69, 9.17) is 9.98 Å². The Kier molecular flexibility index (Phi) is 10.6. The quantitative estimate of drug-likeness (QED) is 0.128. The number of hydrogen-bond donors (Lipinski definition) is 3. The first-order valence-electron chi connectivity index (χ1n) is 16.0. The number of rotatable bonds is 14. The van der Waals surface area contributed by atoms with Crippen molar-refractivity contribution in [3.63, 3.8) is 0 Å². The number of benzene rings is 1. The van der Waals surface area contributed by atoms with E-state index in [9.17, 15) is 9.90 Å². The Balaban J connectivity index is 1.29. The molecular formula is C34H47N9O2. The number of amidine groups is 1. The fourth-order valence-corrected chi connectivity index (χ4v) is 6.30. The molecule has 11 heteroatoms. The number of carbonyl (C=O) groups excluding carboxylic acids is 1. The molecule has 3 aliphatic rings. The summed E-state index contributed by atoms with van der Waals surface area (Å²) in [5, 5.41) is 21.0. The molecule has 11 nitrogen and oxygen atoms in total. The number of nitrogens with zero attached hydrogens (tertiary/aromatic N) is 7. The number of amides is 1. The molecule has 0 saturated carbocycles. The van der Waals surface area contributed by atoms with Crippen LogP contribution in [0.5, 0.6) is 0 Å². The standard InChI is InChI=1S/C34H47N9O2/c1-5-18-42-33(44)29(24-36-4)32(43(42)30-14-9-26-15-16-34(45,6-2)31(26)39-30)38-25-37-27-10-12-28(13-11-27)41-22-20-40(21-23-41)19-8-7-17-35-3/h5,9-14,24,35,37,45H,1,4,6-8,15-23,25H2,2-3H3/b29-24+,38-32+/t34-/m1/s1. The summed E-state index contributed by atoms with van der Waals surface area (Å²) in [5.74, 6) is 0.649. The lowest BCUT2D eigenvalue weighted by atomic mass is 9.98. The van der Waals surface area contributed by atoms with Gasteiger partial charge < -0.3 is 20.6 Å². The number of pyridine rings is 1. The topological polar surface area (TPSA) is 112 Å². The van der Waals surface area contributed by atoms with E-state index in [0.29, 0.717) is 35.8 Å². The number of nitrogens with one attached hydrogen (secondary N) is 2. The third-order valence-electron chi connectivity index (χ3n) is 8.95. The van der Waals surface area contributed by atoms with Crippen LogP contribution in [-0.2, 0) is 16.8 Å². The van der Waals surface area contributed by atoms with Crippen molar-refractivity contribution in [3.8, 4) is 0 Å². The largest absolute Gasteiger partial charge is 0.384 e. The normalized spacial score (nSPS) is 22.0. The van der Waals surface area contributed by atoms with E-state index in [0.717, 1.165) is 50.4 Å². The van der Waals surface area contributed by atoms with Crippen LogP contribution in [0.4, 0.5) is 17.2 Å². The number of piperazine rings is 1. The van der Waals surface area contributed by atoms with Gasteiger partial charge in [0.2, 0.25) is 0 Å². The molecule has 3 N–H and O–H groups in total. The van der Waals surface area contributed by atoms with Gasteiger partial charge in [-0.05, 0) is 94.9 Å². The number of unbranched alkanes of at least 4 members (excludes halogenated alkanes) is 1. The van der Waals surface area contributed by atoms with Crippen LogP contribution < -0.4 is 20.5 Å². The molecule has 240 valence electrons. The molecule has 1 atom stereocenters. The van der Waals surface area contributed by atoms with Crippen LogP contribution in [0, 0.1) is 0 Å². The van der Waals surface area contributed by atoms with Crippen LogP contribution >= 0.6 is 0 Å². The van der Waals surface area contributed by atoms with Crippen molar-refractivity contribution in [1.82, 2.24) is 20.2 Å². The van der Waals surface area contributed by atoms with Gasteiger partial charge >= 0.3 is 0 Å². The van der Waals surface area contributed by atoms with Crippen LogP contribution in [0.1, 0.15) is 43.9 Å². The van der Waals surface area contributed by atoms with Crippen LogP contribution in [0.25, 0.3) is 0 Å². The first-order chi connectivity index (χ1) is 21.9. The second kappa shape index (κ2) is 14.8. The van der Waals surface area contributed by atoms with Crippen molar-refractivity contribution < 1.29 is 9.90 Å². The summed E-state index contributed by atoms with van der Waals surface area (Å²) >= 11 is 0. The monoisotopic (exact) mass is 613 g/mol. The van der Waals surface area contributed by atoms with E-state index < -0.39 is 5.60 Å². The van der Waals surface area contributed by atoms with Gasteiger partial charge in [0.05, 0.1) is 12.2 Å². The zero-order chi connectivity index (χ0) is 31.8. The molecule has 2 aromatic rings. The fourth-order valence-electron chi connectivity index (χ4n) is 6.30. The van der Waals surface area contributed by atoms with E-state index in [2.05, 4.69) is 63.0 Å². The van der Waals surface area contributed by atoms with Gasteiger partial charge in [-0.2, -0.15) is 0 Å². The number of fused-ring (bicyclic) bond motifs is 1. The van der Waals surface area contributed by atoms with Gasteiger partial charge in [-0.25, -0.2) is 20.0 Å². The molecule has 2 aliphatic heterocycles. The highest BCUT2D eigenvalue weighted by Crippen LogP contribution is 2.40. The van der Waals surface area contributed by atoms with Crippen LogP contribution in [0.2, 0.25) is 0 Å². The molecule has 5 rings (SSSR count). The molecule has 1 aliphatic carbocycles. The Hall–Kier alpha value is -4.06. The minimum atomic E-state index is -0.982. The van der Waals surface area contributed by atoms with Gasteiger partial charge in [-0.3, -0.25) is 14.7 Å². The minimum absolute atomic E-state index is 0.227. The molecule has 0 spiro atoms. The number of aliphatic hydroxyl groups is 1. The van der Waals surface area contributed by atoms with Crippen LogP contribution in [-0.4, -0.2) is 98.0 Å². The number of anilines is 3. The third-order valence-corrected chi connectivity index (χ3v) is 8.95. The molecule has 0 bridgehead atoms. The number of aliphatic imine (C=N–C) groups is 2. The highest BCUT2D eigenvalue weighted by Gasteiger charge is 2.42. The van der Waals surface area contributed by atoms with Crippen LogP contribution in [0.3, 0.4) is 0 Å². The predicted octanol–water partition coefficient (Wildman–Crippen LogP) is 3.55. The molecule has 45 heavy (non-hydrogen) atoms. The number of hydrazine groups is 1. The maximum atomic E-state index is 13.5. The summed E-state index contributed by atoms with van der Waals surface area (Å²) in [5.41, 5.74) is 3.17. The Labute approximate surface area is 267 Å². The first-order valence-corrected chi connectivity index (χ1v) is 16.0. The van der Waals surface area contributed by atoms with E-state index in [1.807, 2.05) is 26.1 Å². The SMILES string of the molecule is C=CCN1C(=O)C(=C/N=C)/C(=N\CNc2ccc(N3CCN(CCCCNC)CC3)cc2)N1c1ccc2c(n1)[C@@](O)(CC)CC2. The van der Waals surface area contributed by atoms with Crippen molar-refractivity contribution in [1.29, 1.82) is 0 Å². The Morgan fingerprint density at radius 3 is 2.58 bits per heavy atom. The van der Waals surface area contributed by atoms with E-state index in [1.54, 1.807) is 11.1 Å². The van der Waals surface area contributed by atoms with Gasteiger partial charge in [0.15, 0.2) is 11.7 Å². The molecule has 0 radical (unpaired) electrons. The second-order valence-electron chi connectivity index (χ2n) is 11.8. The highest BCUT2D eigenvalue weighted by molar-refractivity contribution is 6.31.